The Morgan fingerprint density at radius 1 is 0.953 bits per heavy atom. The van der Waals surface area contributed by atoms with Gasteiger partial charge in [0.25, 0.3) is 0 Å². The van der Waals surface area contributed by atoms with Gasteiger partial charge in [-0.2, -0.15) is 23.4 Å². The lowest BCUT2D eigenvalue weighted by molar-refractivity contribution is -0.133. The Kier molecular flexibility index (Phi) is 7.80. The molecule has 10 nitrogen and oxygen atoms in total. The molecule has 226 valence electrons. The molecule has 4 aromatic rings. The summed E-state index contributed by atoms with van der Waals surface area (Å²) < 4.78 is 42.6. The minimum Gasteiger partial charge on any atom is -0.351 e. The largest absolute Gasteiger partial charge is 0.406 e. The van der Waals surface area contributed by atoms with Gasteiger partial charge in [0.2, 0.25) is 5.91 Å². The van der Waals surface area contributed by atoms with Gasteiger partial charge in [-0.15, -0.1) is 0 Å². The molecule has 2 fully saturated rings. The summed E-state index contributed by atoms with van der Waals surface area (Å²) in [4.78, 5) is 31.4. The van der Waals surface area contributed by atoms with E-state index >= 15 is 0 Å². The summed E-state index contributed by atoms with van der Waals surface area (Å²) >= 11 is 0. The summed E-state index contributed by atoms with van der Waals surface area (Å²) in [5.74, 6) is 0.833. The maximum Gasteiger partial charge on any atom is 0.406 e. The van der Waals surface area contributed by atoms with Crippen LogP contribution >= 0.6 is 0 Å². The number of benzene rings is 1. The Bertz CT molecular complexity index is 1620. The topological polar surface area (TPSA) is 115 Å². The zero-order valence-electron chi connectivity index (χ0n) is 23.6. The van der Waals surface area contributed by atoms with Crippen LogP contribution in [0, 0.1) is 5.92 Å². The van der Waals surface area contributed by atoms with Gasteiger partial charge in [-0.3, -0.25) is 14.4 Å². The van der Waals surface area contributed by atoms with E-state index in [1.165, 1.54) is 37.8 Å². The fourth-order valence-corrected chi connectivity index (χ4v) is 6.20. The number of alkyl halides is 3. The van der Waals surface area contributed by atoms with Crippen LogP contribution in [0.4, 0.5) is 23.7 Å². The number of aromatic nitrogens is 5. The predicted octanol–water partition coefficient (Wildman–Crippen LogP) is 5.45. The lowest BCUT2D eigenvalue weighted by Gasteiger charge is -2.32. The molecule has 2 N–H and O–H groups in total. The van der Waals surface area contributed by atoms with E-state index in [0.29, 0.717) is 34.1 Å². The third kappa shape index (κ3) is 6.35. The minimum atomic E-state index is -4.61. The first-order valence-corrected chi connectivity index (χ1v) is 14.5. The number of hydrogen-bond donors (Lipinski definition) is 1. The Balaban J connectivity index is 1.15. The molecule has 1 aliphatic carbocycles. The number of halogens is 3. The molecule has 2 aliphatic rings. The number of imidazole rings is 1. The summed E-state index contributed by atoms with van der Waals surface area (Å²) in [5.41, 5.74) is 8.57. The second kappa shape index (κ2) is 11.7. The number of nitrogens with two attached hydrogens (primary N) is 1. The second-order valence-corrected chi connectivity index (χ2v) is 11.4. The van der Waals surface area contributed by atoms with Crippen molar-refractivity contribution in [1.29, 1.82) is 0 Å². The molecule has 0 radical (unpaired) electrons. The van der Waals surface area contributed by atoms with Crippen molar-refractivity contribution < 1.29 is 22.8 Å². The number of piperidine rings is 1. The van der Waals surface area contributed by atoms with Crippen LogP contribution in [0.3, 0.4) is 0 Å². The number of carbonyl (C=O) groups excluding carboxylic acids is 2. The van der Waals surface area contributed by atoms with Crippen molar-refractivity contribution in [2.75, 3.05) is 24.5 Å². The minimum absolute atomic E-state index is 0.0188. The van der Waals surface area contributed by atoms with Crippen molar-refractivity contribution in [3.63, 3.8) is 0 Å². The van der Waals surface area contributed by atoms with E-state index in [4.69, 9.17) is 5.73 Å². The number of rotatable bonds is 7. The highest BCUT2D eigenvalue weighted by molar-refractivity contribution is 5.91. The number of fused-ring (bicyclic) bond motifs is 1. The molecule has 1 aromatic carbocycles. The Labute approximate surface area is 246 Å². The van der Waals surface area contributed by atoms with Crippen molar-refractivity contribution in [3.8, 4) is 22.4 Å². The number of carbonyl (C=O) groups is 2. The second-order valence-electron chi connectivity index (χ2n) is 11.4. The molecule has 1 aliphatic heterocycles. The lowest BCUT2D eigenvalue weighted by atomic mass is 10.0. The van der Waals surface area contributed by atoms with Gasteiger partial charge in [-0.25, -0.2) is 14.3 Å². The summed E-state index contributed by atoms with van der Waals surface area (Å²) in [6, 6.07) is 6.98. The molecule has 0 bridgehead atoms. The first kappa shape index (κ1) is 28.7. The van der Waals surface area contributed by atoms with Gasteiger partial charge in [0, 0.05) is 48.1 Å². The summed E-state index contributed by atoms with van der Waals surface area (Å²) in [6.07, 6.45) is 9.65. The standard InChI is InChI=1S/C30H33F3N8O2/c31-30(32,33)19-39(29(34)43)25-7-3-6-21(13-25)26-17-35-27-14-22(15-37-41(26)27)23-16-36-40(18-23)24-8-10-38(11-9-24)28(42)12-20-4-1-2-5-20/h3,6-7,13-18,20,24H,1-2,4-5,8-12,19H2,(H2,34,43). The van der Waals surface area contributed by atoms with Gasteiger partial charge >= 0.3 is 12.2 Å². The van der Waals surface area contributed by atoms with E-state index in [-0.39, 0.29) is 17.6 Å². The van der Waals surface area contributed by atoms with Crippen molar-refractivity contribution in [1.82, 2.24) is 29.3 Å². The van der Waals surface area contributed by atoms with E-state index in [1.54, 1.807) is 35.2 Å². The molecule has 0 unspecified atom stereocenters. The number of primary amides is 1. The zero-order chi connectivity index (χ0) is 30.1. The van der Waals surface area contributed by atoms with E-state index in [9.17, 15) is 22.8 Å². The maximum atomic E-state index is 13.0. The van der Waals surface area contributed by atoms with Gasteiger partial charge in [0.1, 0.15) is 6.54 Å². The van der Waals surface area contributed by atoms with Gasteiger partial charge in [-0.1, -0.05) is 25.0 Å². The van der Waals surface area contributed by atoms with Crippen LogP contribution in [0.1, 0.15) is 51.0 Å². The smallest absolute Gasteiger partial charge is 0.351 e. The van der Waals surface area contributed by atoms with Crippen LogP contribution in [0.25, 0.3) is 28.0 Å². The molecule has 0 atom stereocenters. The number of nitrogens with zero attached hydrogens (tertiary/aromatic N) is 7. The van der Waals surface area contributed by atoms with Crippen LogP contribution in [0.2, 0.25) is 0 Å². The van der Waals surface area contributed by atoms with E-state index < -0.39 is 18.8 Å². The molecule has 6 rings (SSSR count). The van der Waals surface area contributed by atoms with Gasteiger partial charge in [0.05, 0.1) is 30.3 Å². The number of hydrogen-bond acceptors (Lipinski definition) is 5. The van der Waals surface area contributed by atoms with Crippen molar-refractivity contribution >= 4 is 23.3 Å². The van der Waals surface area contributed by atoms with E-state index in [1.807, 2.05) is 21.8 Å². The quantitative estimate of drug-likeness (QED) is 0.306. The Morgan fingerprint density at radius 2 is 1.70 bits per heavy atom. The van der Waals surface area contributed by atoms with Crippen molar-refractivity contribution in [2.45, 2.75) is 57.2 Å². The Morgan fingerprint density at radius 3 is 2.42 bits per heavy atom. The SMILES string of the molecule is NC(=O)N(CC(F)(F)F)c1cccc(-c2cnc3cc(-c4cnn(C5CCN(C(=O)CC6CCCC6)CC5)c4)cnn23)c1. The van der Waals surface area contributed by atoms with Gasteiger partial charge < -0.3 is 10.6 Å². The molecular weight excluding hydrogens is 561 g/mol. The molecule has 3 aromatic heterocycles. The number of anilines is 1. The molecule has 43 heavy (non-hydrogen) atoms. The average Bonchev–Trinajstić information content (AvgIpc) is 3.77. The zero-order valence-corrected chi connectivity index (χ0v) is 23.6. The number of likely N-dealkylation sites (tertiary alicyclic amines) is 1. The average molecular weight is 595 g/mol. The van der Waals surface area contributed by atoms with Crippen molar-refractivity contribution in [3.05, 3.63) is 55.1 Å². The first-order valence-electron chi connectivity index (χ1n) is 14.5. The van der Waals surface area contributed by atoms with Crippen LogP contribution in [-0.4, -0.2) is 67.0 Å². The van der Waals surface area contributed by atoms with E-state index in [2.05, 4.69) is 15.2 Å². The monoisotopic (exact) mass is 594 g/mol. The predicted molar refractivity (Wildman–Crippen MR) is 154 cm³/mol. The van der Waals surface area contributed by atoms with Crippen molar-refractivity contribution in [2.24, 2.45) is 11.7 Å². The molecule has 3 amide bonds. The number of amides is 3. The summed E-state index contributed by atoms with van der Waals surface area (Å²) in [7, 11) is 0. The maximum absolute atomic E-state index is 13.0. The third-order valence-corrected chi connectivity index (χ3v) is 8.48. The van der Waals surface area contributed by atoms with Crippen LogP contribution in [0.15, 0.2) is 55.1 Å². The van der Waals surface area contributed by atoms with Crippen LogP contribution in [-0.2, 0) is 4.79 Å². The number of urea groups is 1. The molecule has 0 spiro atoms. The fourth-order valence-electron chi connectivity index (χ4n) is 6.20. The van der Waals surface area contributed by atoms with Crippen LogP contribution in [0.5, 0.6) is 0 Å². The highest BCUT2D eigenvalue weighted by Crippen LogP contribution is 2.31. The summed E-state index contributed by atoms with van der Waals surface area (Å²) in [6.45, 7) is -0.0132. The highest BCUT2D eigenvalue weighted by atomic mass is 19.4. The molecule has 13 heteroatoms. The van der Waals surface area contributed by atoms with Gasteiger partial charge in [0.15, 0.2) is 5.65 Å². The fraction of sp³-hybridized carbons (Fsp3) is 0.433. The molecule has 4 heterocycles. The molecule has 1 saturated heterocycles. The normalized spacial score (nSPS) is 16.7. The highest BCUT2D eigenvalue weighted by Gasteiger charge is 2.33. The van der Waals surface area contributed by atoms with Gasteiger partial charge in [-0.05, 0) is 49.8 Å². The lowest BCUT2D eigenvalue weighted by Crippen LogP contribution is -2.42. The van der Waals surface area contributed by atoms with Crippen LogP contribution < -0.4 is 10.6 Å². The molecular formula is C30H33F3N8O2. The first-order chi connectivity index (χ1) is 20.6. The Hall–Kier alpha value is -4.42. The molecule has 1 saturated carbocycles. The summed E-state index contributed by atoms with van der Waals surface area (Å²) in [5, 5.41) is 9.15. The third-order valence-electron chi connectivity index (χ3n) is 8.48. The van der Waals surface area contributed by atoms with E-state index in [0.717, 1.165) is 37.1 Å².